The summed E-state index contributed by atoms with van der Waals surface area (Å²) in [7, 11) is 0. The third-order valence-electron chi connectivity index (χ3n) is 3.13. The van der Waals surface area contributed by atoms with Crippen LogP contribution in [0.4, 0.5) is 0 Å². The predicted octanol–water partition coefficient (Wildman–Crippen LogP) is 3.99. The monoisotopic (exact) mass is 344 g/mol. The van der Waals surface area contributed by atoms with Crippen molar-refractivity contribution in [2.75, 3.05) is 31.9 Å². The molecule has 0 radical (unpaired) electrons. The third-order valence-corrected chi connectivity index (χ3v) is 5.11. The fourth-order valence-corrected chi connectivity index (χ4v) is 3.57. The standard InChI is InChI=1S/C15H25BrN2S/c1-4-17-12-13-7-8-15(14(16)11-13)19-10-9-18(5-2)6-3/h7-8,11,17H,4-6,9-10,12H2,1-3H3. The first-order valence-electron chi connectivity index (χ1n) is 7.05. The Labute approximate surface area is 130 Å². The van der Waals surface area contributed by atoms with Crippen molar-refractivity contribution in [3.63, 3.8) is 0 Å². The Bertz CT molecular complexity index is 367. The highest BCUT2D eigenvalue weighted by Gasteiger charge is 2.04. The van der Waals surface area contributed by atoms with Crippen molar-refractivity contribution in [2.24, 2.45) is 0 Å². The van der Waals surface area contributed by atoms with Crippen molar-refractivity contribution in [2.45, 2.75) is 32.2 Å². The number of rotatable bonds is 9. The molecule has 0 amide bonds. The Morgan fingerprint density at radius 1 is 1.21 bits per heavy atom. The molecule has 0 saturated carbocycles. The molecule has 0 atom stereocenters. The van der Waals surface area contributed by atoms with E-state index in [1.54, 1.807) is 0 Å². The van der Waals surface area contributed by atoms with Crippen LogP contribution in [-0.4, -0.2) is 36.8 Å². The molecule has 1 aromatic rings. The summed E-state index contributed by atoms with van der Waals surface area (Å²) in [6.07, 6.45) is 0. The smallest absolute Gasteiger partial charge is 0.0314 e. The van der Waals surface area contributed by atoms with Crippen LogP contribution in [0.25, 0.3) is 0 Å². The van der Waals surface area contributed by atoms with E-state index >= 15 is 0 Å². The molecule has 0 unspecified atom stereocenters. The lowest BCUT2D eigenvalue weighted by Crippen LogP contribution is -2.25. The van der Waals surface area contributed by atoms with Crippen LogP contribution in [0, 0.1) is 0 Å². The summed E-state index contributed by atoms with van der Waals surface area (Å²) in [6, 6.07) is 6.67. The van der Waals surface area contributed by atoms with Gasteiger partial charge in [-0.15, -0.1) is 11.8 Å². The first-order chi connectivity index (χ1) is 9.21. The number of hydrogen-bond acceptors (Lipinski definition) is 3. The SMILES string of the molecule is CCNCc1ccc(SCCN(CC)CC)c(Br)c1. The maximum Gasteiger partial charge on any atom is 0.0314 e. The van der Waals surface area contributed by atoms with E-state index in [1.165, 1.54) is 14.9 Å². The van der Waals surface area contributed by atoms with Gasteiger partial charge in [0.15, 0.2) is 0 Å². The molecular formula is C15H25BrN2S. The molecule has 2 nitrogen and oxygen atoms in total. The molecule has 0 spiro atoms. The van der Waals surface area contributed by atoms with Crippen molar-refractivity contribution in [3.8, 4) is 0 Å². The summed E-state index contributed by atoms with van der Waals surface area (Å²) in [5, 5.41) is 3.35. The van der Waals surface area contributed by atoms with Gasteiger partial charge >= 0.3 is 0 Å². The largest absolute Gasteiger partial charge is 0.313 e. The molecule has 0 fully saturated rings. The van der Waals surface area contributed by atoms with Gasteiger partial charge in [-0.1, -0.05) is 26.8 Å². The van der Waals surface area contributed by atoms with Gasteiger partial charge in [-0.2, -0.15) is 0 Å². The van der Waals surface area contributed by atoms with E-state index in [4.69, 9.17) is 0 Å². The quantitative estimate of drug-likeness (QED) is 0.681. The van der Waals surface area contributed by atoms with E-state index in [2.05, 4.69) is 65.1 Å². The Hall–Kier alpha value is -0.0300. The summed E-state index contributed by atoms with van der Waals surface area (Å²) in [5.41, 5.74) is 1.34. The molecule has 0 heterocycles. The molecule has 19 heavy (non-hydrogen) atoms. The lowest BCUT2D eigenvalue weighted by atomic mass is 10.2. The van der Waals surface area contributed by atoms with Crippen LogP contribution in [0.1, 0.15) is 26.3 Å². The molecular weight excluding hydrogens is 320 g/mol. The molecule has 4 heteroatoms. The second kappa shape index (κ2) is 9.81. The molecule has 0 aliphatic heterocycles. The lowest BCUT2D eigenvalue weighted by molar-refractivity contribution is 0.324. The molecule has 0 aromatic heterocycles. The molecule has 108 valence electrons. The lowest BCUT2D eigenvalue weighted by Gasteiger charge is -2.17. The van der Waals surface area contributed by atoms with Gasteiger partial charge in [0.05, 0.1) is 0 Å². The summed E-state index contributed by atoms with van der Waals surface area (Å²) < 4.78 is 1.22. The maximum absolute atomic E-state index is 3.68. The Morgan fingerprint density at radius 3 is 2.53 bits per heavy atom. The Kier molecular flexibility index (Phi) is 8.79. The molecule has 0 aliphatic carbocycles. The van der Waals surface area contributed by atoms with Crippen LogP contribution in [-0.2, 0) is 6.54 Å². The van der Waals surface area contributed by atoms with Gasteiger partial charge in [0.2, 0.25) is 0 Å². The summed E-state index contributed by atoms with van der Waals surface area (Å²) in [4.78, 5) is 3.80. The zero-order valence-corrected chi connectivity index (χ0v) is 14.6. The maximum atomic E-state index is 3.68. The zero-order valence-electron chi connectivity index (χ0n) is 12.2. The summed E-state index contributed by atoms with van der Waals surface area (Å²) in [6.45, 7) is 12.0. The Balaban J connectivity index is 2.46. The van der Waals surface area contributed by atoms with E-state index < -0.39 is 0 Å². The fraction of sp³-hybridized carbons (Fsp3) is 0.600. The topological polar surface area (TPSA) is 15.3 Å². The highest BCUT2D eigenvalue weighted by Crippen LogP contribution is 2.28. The molecule has 1 N–H and O–H groups in total. The fourth-order valence-electron chi connectivity index (χ4n) is 1.87. The van der Waals surface area contributed by atoms with Gasteiger partial charge in [0.25, 0.3) is 0 Å². The number of hydrogen-bond donors (Lipinski definition) is 1. The third kappa shape index (κ3) is 6.30. The molecule has 0 bridgehead atoms. The summed E-state index contributed by atoms with van der Waals surface area (Å²) >= 11 is 5.61. The minimum absolute atomic E-state index is 0.944. The van der Waals surface area contributed by atoms with Gasteiger partial charge in [-0.25, -0.2) is 0 Å². The normalized spacial score (nSPS) is 11.2. The first-order valence-corrected chi connectivity index (χ1v) is 8.83. The van der Waals surface area contributed by atoms with Crippen molar-refractivity contribution >= 4 is 27.7 Å². The second-order valence-electron chi connectivity index (χ2n) is 4.42. The van der Waals surface area contributed by atoms with E-state index in [0.29, 0.717) is 0 Å². The van der Waals surface area contributed by atoms with Gasteiger partial charge in [0, 0.05) is 28.2 Å². The number of nitrogens with zero attached hydrogens (tertiary/aromatic N) is 1. The number of halogens is 1. The van der Waals surface area contributed by atoms with E-state index in [0.717, 1.165) is 38.5 Å². The molecule has 0 saturated heterocycles. The minimum atomic E-state index is 0.944. The van der Waals surface area contributed by atoms with Crippen molar-refractivity contribution in [1.29, 1.82) is 0 Å². The number of thioether (sulfide) groups is 1. The van der Waals surface area contributed by atoms with Crippen molar-refractivity contribution in [3.05, 3.63) is 28.2 Å². The first kappa shape index (κ1) is 17.0. The van der Waals surface area contributed by atoms with Crippen molar-refractivity contribution in [1.82, 2.24) is 10.2 Å². The van der Waals surface area contributed by atoms with Crippen LogP contribution >= 0.6 is 27.7 Å². The van der Waals surface area contributed by atoms with Gasteiger partial charge < -0.3 is 10.2 Å². The number of benzene rings is 1. The molecule has 1 rings (SSSR count). The van der Waals surface area contributed by atoms with Crippen molar-refractivity contribution < 1.29 is 0 Å². The van der Waals surface area contributed by atoms with E-state index in [1.807, 2.05) is 11.8 Å². The highest BCUT2D eigenvalue weighted by molar-refractivity contribution is 9.10. The average molecular weight is 345 g/mol. The van der Waals surface area contributed by atoms with Crippen LogP contribution in [0.2, 0.25) is 0 Å². The second-order valence-corrected chi connectivity index (χ2v) is 6.41. The Morgan fingerprint density at radius 2 is 1.95 bits per heavy atom. The van der Waals surface area contributed by atoms with Gasteiger partial charge in [0.1, 0.15) is 0 Å². The number of nitrogens with one attached hydrogen (secondary N) is 1. The zero-order chi connectivity index (χ0) is 14.1. The van der Waals surface area contributed by atoms with Gasteiger partial charge in [-0.3, -0.25) is 0 Å². The highest BCUT2D eigenvalue weighted by atomic mass is 79.9. The van der Waals surface area contributed by atoms with Crippen LogP contribution in [0.15, 0.2) is 27.6 Å². The van der Waals surface area contributed by atoms with E-state index in [9.17, 15) is 0 Å². The average Bonchev–Trinajstić information content (AvgIpc) is 2.43. The molecule has 0 aliphatic rings. The van der Waals surface area contributed by atoms with Gasteiger partial charge in [-0.05, 0) is 53.3 Å². The minimum Gasteiger partial charge on any atom is -0.313 e. The molecule has 1 aromatic carbocycles. The van der Waals surface area contributed by atoms with E-state index in [-0.39, 0.29) is 0 Å². The predicted molar refractivity (Wildman–Crippen MR) is 90.0 cm³/mol. The summed E-state index contributed by atoms with van der Waals surface area (Å²) in [5.74, 6) is 1.15. The van der Waals surface area contributed by atoms with Crippen LogP contribution in [0.5, 0.6) is 0 Å². The van der Waals surface area contributed by atoms with Crippen LogP contribution < -0.4 is 5.32 Å². The van der Waals surface area contributed by atoms with Crippen LogP contribution in [0.3, 0.4) is 0 Å².